The van der Waals surface area contributed by atoms with Gasteiger partial charge in [0.1, 0.15) is 0 Å². The van der Waals surface area contributed by atoms with E-state index in [1.54, 1.807) is 6.92 Å². The summed E-state index contributed by atoms with van der Waals surface area (Å²) >= 11 is 6.00. The number of sulfonamides is 1. The smallest absolute Gasteiger partial charge is 0.338 e. The number of urea groups is 1. The molecule has 0 aliphatic heterocycles. The van der Waals surface area contributed by atoms with Gasteiger partial charge in [0.2, 0.25) is 0 Å². The molecule has 0 atom stereocenters. The van der Waals surface area contributed by atoms with E-state index in [9.17, 15) is 18.0 Å². The molecular weight excluding hydrogens is 382 g/mol. The predicted octanol–water partition coefficient (Wildman–Crippen LogP) is 2.81. The predicted molar refractivity (Wildman–Crippen MR) is 97.9 cm³/mol. The van der Waals surface area contributed by atoms with Crippen LogP contribution in [0.1, 0.15) is 17.3 Å². The third-order valence-corrected chi connectivity index (χ3v) is 4.86. The molecule has 0 spiro atoms. The van der Waals surface area contributed by atoms with Gasteiger partial charge in [0.15, 0.2) is 0 Å². The Bertz CT molecular complexity index is 929. The Balaban J connectivity index is 2.26. The summed E-state index contributed by atoms with van der Waals surface area (Å²) in [6.07, 6.45) is 0. The molecule has 10 heteroatoms. The molecule has 0 unspecified atom stereocenters. The van der Waals surface area contributed by atoms with Crippen molar-refractivity contribution in [3.63, 3.8) is 0 Å². The standard InChI is InChI=1S/C16H16ClN3O5S/c1-2-25-15(21)10-3-6-12(7-4-10)26(23,24)20-14-9-11(19-16(18)22)5-8-13(14)17/h3-9,20H,2H2,1H3,(H3,18,19,22). The van der Waals surface area contributed by atoms with Gasteiger partial charge >= 0.3 is 12.0 Å². The second kappa shape index (κ2) is 8.07. The molecule has 0 bridgehead atoms. The molecule has 26 heavy (non-hydrogen) atoms. The van der Waals surface area contributed by atoms with E-state index >= 15 is 0 Å². The molecule has 0 aliphatic rings. The molecule has 4 N–H and O–H groups in total. The summed E-state index contributed by atoms with van der Waals surface area (Å²) in [7, 11) is -3.97. The number of halogens is 1. The number of nitrogens with two attached hydrogens (primary N) is 1. The van der Waals surface area contributed by atoms with Crippen molar-refractivity contribution < 1.29 is 22.7 Å². The maximum Gasteiger partial charge on any atom is 0.338 e. The number of hydrogen-bond donors (Lipinski definition) is 3. The zero-order valence-electron chi connectivity index (χ0n) is 13.7. The first-order valence-corrected chi connectivity index (χ1v) is 9.25. The van der Waals surface area contributed by atoms with Crippen LogP contribution < -0.4 is 15.8 Å². The van der Waals surface area contributed by atoms with Crippen LogP contribution in [0.5, 0.6) is 0 Å². The molecule has 2 aromatic carbocycles. The fourth-order valence-electron chi connectivity index (χ4n) is 2.01. The SMILES string of the molecule is CCOC(=O)c1ccc(S(=O)(=O)Nc2cc(NC(N)=O)ccc2Cl)cc1. The summed E-state index contributed by atoms with van der Waals surface area (Å²) in [4.78, 5) is 22.5. The van der Waals surface area contributed by atoms with Gasteiger partial charge < -0.3 is 15.8 Å². The average molecular weight is 398 g/mol. The second-order valence-corrected chi connectivity index (χ2v) is 7.12. The molecular formula is C16H16ClN3O5S. The van der Waals surface area contributed by atoms with Gasteiger partial charge in [-0.25, -0.2) is 18.0 Å². The van der Waals surface area contributed by atoms with Crippen molar-refractivity contribution in [2.45, 2.75) is 11.8 Å². The topological polar surface area (TPSA) is 128 Å². The summed E-state index contributed by atoms with van der Waals surface area (Å²) in [5, 5.41) is 2.46. The fourth-order valence-corrected chi connectivity index (χ4v) is 3.30. The number of ether oxygens (including phenoxy) is 1. The Hall–Kier alpha value is -2.78. The minimum Gasteiger partial charge on any atom is -0.462 e. The van der Waals surface area contributed by atoms with Crippen LogP contribution in [0, 0.1) is 0 Å². The summed E-state index contributed by atoms with van der Waals surface area (Å²) in [5.41, 5.74) is 5.60. The minimum atomic E-state index is -3.97. The summed E-state index contributed by atoms with van der Waals surface area (Å²) < 4.78 is 32.2. The first kappa shape index (κ1) is 19.5. The molecule has 0 saturated heterocycles. The normalized spacial score (nSPS) is 10.8. The minimum absolute atomic E-state index is 0.0624. The maximum atomic E-state index is 12.5. The van der Waals surface area contributed by atoms with Gasteiger partial charge in [-0.1, -0.05) is 11.6 Å². The Morgan fingerprint density at radius 1 is 1.15 bits per heavy atom. The van der Waals surface area contributed by atoms with Crippen LogP contribution >= 0.6 is 11.6 Å². The zero-order chi connectivity index (χ0) is 19.3. The Kier molecular flexibility index (Phi) is 6.06. The highest BCUT2D eigenvalue weighted by Gasteiger charge is 2.17. The third-order valence-electron chi connectivity index (χ3n) is 3.15. The molecule has 0 radical (unpaired) electrons. The molecule has 0 fully saturated rings. The number of amides is 2. The molecule has 0 aliphatic carbocycles. The lowest BCUT2D eigenvalue weighted by Gasteiger charge is -2.12. The van der Waals surface area contributed by atoms with Crippen molar-refractivity contribution in [3.05, 3.63) is 53.1 Å². The highest BCUT2D eigenvalue weighted by molar-refractivity contribution is 7.92. The largest absolute Gasteiger partial charge is 0.462 e. The first-order chi connectivity index (χ1) is 12.2. The number of nitrogens with one attached hydrogen (secondary N) is 2. The van der Waals surface area contributed by atoms with E-state index in [-0.39, 0.29) is 33.5 Å². The van der Waals surface area contributed by atoms with Gasteiger partial charge in [-0.05, 0) is 49.4 Å². The van der Waals surface area contributed by atoms with Crippen LogP contribution in [0.2, 0.25) is 5.02 Å². The van der Waals surface area contributed by atoms with E-state index in [2.05, 4.69) is 10.0 Å². The first-order valence-electron chi connectivity index (χ1n) is 7.39. The number of esters is 1. The van der Waals surface area contributed by atoms with E-state index in [0.717, 1.165) is 0 Å². The highest BCUT2D eigenvalue weighted by Crippen LogP contribution is 2.28. The lowest BCUT2D eigenvalue weighted by atomic mass is 10.2. The average Bonchev–Trinajstić information content (AvgIpc) is 2.57. The molecule has 0 heterocycles. The van der Waals surface area contributed by atoms with Crippen LogP contribution in [-0.4, -0.2) is 27.0 Å². The van der Waals surface area contributed by atoms with E-state index in [1.165, 1.54) is 42.5 Å². The number of primary amides is 1. The van der Waals surface area contributed by atoms with Crippen LogP contribution in [0.15, 0.2) is 47.4 Å². The van der Waals surface area contributed by atoms with Gasteiger partial charge in [0.25, 0.3) is 10.0 Å². The Morgan fingerprint density at radius 2 is 1.81 bits per heavy atom. The number of benzene rings is 2. The van der Waals surface area contributed by atoms with Crippen molar-refractivity contribution in [2.75, 3.05) is 16.6 Å². The van der Waals surface area contributed by atoms with Crippen LogP contribution in [0.4, 0.5) is 16.2 Å². The number of carbonyl (C=O) groups is 2. The van der Waals surface area contributed by atoms with Crippen molar-refractivity contribution in [1.82, 2.24) is 0 Å². The summed E-state index contributed by atoms with van der Waals surface area (Å²) in [6, 6.07) is 8.65. The molecule has 2 aromatic rings. The number of rotatable bonds is 6. The van der Waals surface area contributed by atoms with E-state index in [4.69, 9.17) is 22.1 Å². The second-order valence-electron chi connectivity index (χ2n) is 5.03. The molecule has 8 nitrogen and oxygen atoms in total. The Morgan fingerprint density at radius 3 is 2.38 bits per heavy atom. The van der Waals surface area contributed by atoms with Gasteiger partial charge in [-0.3, -0.25) is 4.72 Å². The highest BCUT2D eigenvalue weighted by atomic mass is 35.5. The molecule has 2 amide bonds. The Labute approximate surface area is 155 Å². The van der Waals surface area contributed by atoms with Crippen molar-refractivity contribution in [3.8, 4) is 0 Å². The van der Waals surface area contributed by atoms with Gasteiger partial charge in [-0.15, -0.1) is 0 Å². The van der Waals surface area contributed by atoms with Crippen LogP contribution in [0.3, 0.4) is 0 Å². The molecule has 0 saturated carbocycles. The summed E-state index contributed by atoms with van der Waals surface area (Å²) in [6.45, 7) is 1.89. The van der Waals surface area contributed by atoms with E-state index < -0.39 is 22.0 Å². The third kappa shape index (κ3) is 4.87. The molecule has 2 rings (SSSR count). The quantitative estimate of drug-likeness (QED) is 0.645. The summed E-state index contributed by atoms with van der Waals surface area (Å²) in [5.74, 6) is -0.544. The number of anilines is 2. The van der Waals surface area contributed by atoms with Gasteiger partial charge in [-0.2, -0.15) is 0 Å². The molecule has 138 valence electrons. The van der Waals surface area contributed by atoms with Crippen LogP contribution in [0.25, 0.3) is 0 Å². The van der Waals surface area contributed by atoms with E-state index in [0.29, 0.717) is 0 Å². The lowest BCUT2D eigenvalue weighted by molar-refractivity contribution is 0.0526. The zero-order valence-corrected chi connectivity index (χ0v) is 15.2. The van der Waals surface area contributed by atoms with Crippen molar-refractivity contribution in [2.24, 2.45) is 5.73 Å². The van der Waals surface area contributed by atoms with Gasteiger partial charge in [0.05, 0.1) is 27.8 Å². The molecule has 0 aromatic heterocycles. The van der Waals surface area contributed by atoms with Crippen LogP contribution in [-0.2, 0) is 14.8 Å². The number of carbonyl (C=O) groups excluding carboxylic acids is 2. The number of hydrogen-bond acceptors (Lipinski definition) is 5. The van der Waals surface area contributed by atoms with Crippen molar-refractivity contribution >= 4 is 45.0 Å². The van der Waals surface area contributed by atoms with Gasteiger partial charge in [0, 0.05) is 5.69 Å². The lowest BCUT2D eigenvalue weighted by Crippen LogP contribution is -2.19. The maximum absolute atomic E-state index is 12.5. The van der Waals surface area contributed by atoms with Crippen molar-refractivity contribution in [1.29, 1.82) is 0 Å². The fraction of sp³-hybridized carbons (Fsp3) is 0.125. The monoisotopic (exact) mass is 397 g/mol. The van der Waals surface area contributed by atoms with E-state index in [1.807, 2.05) is 0 Å².